The molecule has 12 heteroatoms. The molecule has 0 radical (unpaired) electrons. The number of aromatic hydroxyl groups is 1. The number of ether oxygens (including phenoxy) is 2. The predicted molar refractivity (Wildman–Crippen MR) is 218 cm³/mol. The second-order valence-corrected chi connectivity index (χ2v) is 17.6. The number of rotatable bonds is 3. The Labute approximate surface area is 337 Å². The number of hydrogen-bond acceptors (Lipinski definition) is 12. The zero-order valence-corrected chi connectivity index (χ0v) is 33.6. The molecular weight excluding hydrogens is 723 g/mol. The van der Waals surface area contributed by atoms with Crippen molar-refractivity contribution < 1.29 is 34.7 Å². The third-order valence-corrected chi connectivity index (χ3v) is 13.6. The number of carbonyl (C=O) groups excluding carboxylic acids is 1. The van der Waals surface area contributed by atoms with Gasteiger partial charge in [0.25, 0.3) is 0 Å². The second kappa shape index (κ2) is 18.0. The molecule has 12 nitrogen and oxygen atoms in total. The van der Waals surface area contributed by atoms with Crippen LogP contribution in [0.25, 0.3) is 0 Å². The first-order valence-electron chi connectivity index (χ1n) is 21.2. The second-order valence-electron chi connectivity index (χ2n) is 17.6. The lowest BCUT2D eigenvalue weighted by Crippen LogP contribution is -2.66. The van der Waals surface area contributed by atoms with Crippen molar-refractivity contribution in [2.45, 2.75) is 134 Å². The van der Waals surface area contributed by atoms with Crippen LogP contribution in [0.3, 0.4) is 0 Å². The van der Waals surface area contributed by atoms with Crippen molar-refractivity contribution in [1.82, 2.24) is 16.0 Å². The molecule has 7 rings (SSSR count). The van der Waals surface area contributed by atoms with Crippen molar-refractivity contribution in [3.8, 4) is 23.3 Å². The van der Waals surface area contributed by atoms with Gasteiger partial charge in [0.1, 0.15) is 12.2 Å². The first-order chi connectivity index (χ1) is 27.4. The highest BCUT2D eigenvalue weighted by Gasteiger charge is 2.49. The fourth-order valence-corrected chi connectivity index (χ4v) is 10.4. The Morgan fingerprint density at radius 3 is 2.67 bits per heavy atom. The van der Waals surface area contributed by atoms with Crippen molar-refractivity contribution in [1.29, 1.82) is 0 Å². The van der Waals surface area contributed by atoms with Gasteiger partial charge in [0, 0.05) is 49.7 Å². The molecule has 310 valence electrons. The standard InChI is InChI=1S/C45H63N5O7/c1-28(52)44-13-8-33-19-32-6-7-42(47-15-10-30-4-3-5-31(18-30)11-16-48-43(46)49-27-44)45(24-32)25-37(12-17-50-45)57-41-22-34(35(26-51)21-39(41)55)20-38(33)40(56-29(2)53)23-36(54)9-14-44/h3-5,18,21-22,28,32-33,36-38,40,42,47,50-52,54-55H,6-7,9-12,14-17,19-20,23-27H2,1-2H3,(H3,46,48,49)/t28-,32-,33+,36-,37+,38+,40-,42+,44+,45-/m0/s1. The molecule has 0 aromatic heterocycles. The van der Waals surface area contributed by atoms with Crippen molar-refractivity contribution in [3.63, 3.8) is 0 Å². The Balaban J connectivity index is 1.39. The number of guanidine groups is 1. The quantitative estimate of drug-likeness (QED) is 0.169. The van der Waals surface area contributed by atoms with Gasteiger partial charge in [0.05, 0.1) is 30.8 Å². The Morgan fingerprint density at radius 1 is 1.09 bits per heavy atom. The van der Waals surface area contributed by atoms with E-state index in [0.717, 1.165) is 63.6 Å². The third-order valence-electron chi connectivity index (χ3n) is 13.6. The van der Waals surface area contributed by atoms with E-state index in [1.54, 1.807) is 13.0 Å². The van der Waals surface area contributed by atoms with E-state index >= 15 is 0 Å². The van der Waals surface area contributed by atoms with Gasteiger partial charge in [-0.3, -0.25) is 9.79 Å². The summed E-state index contributed by atoms with van der Waals surface area (Å²) in [6, 6.07) is 12.3. The number of fused-ring (bicyclic) bond motifs is 8. The molecule has 57 heavy (non-hydrogen) atoms. The molecule has 1 saturated carbocycles. The summed E-state index contributed by atoms with van der Waals surface area (Å²) >= 11 is 0. The number of hydrogen-bond donors (Lipinski definition) is 8. The van der Waals surface area contributed by atoms with Crippen LogP contribution in [0, 0.1) is 35.0 Å². The number of benzene rings is 2. The van der Waals surface area contributed by atoms with Crippen molar-refractivity contribution in [2.24, 2.45) is 33.9 Å². The van der Waals surface area contributed by atoms with Gasteiger partial charge < -0.3 is 51.6 Å². The summed E-state index contributed by atoms with van der Waals surface area (Å²) in [4.78, 5) is 17.6. The Bertz CT molecular complexity index is 1830. The lowest BCUT2D eigenvalue weighted by Gasteiger charge is -2.52. The fraction of sp³-hybridized carbons (Fsp3) is 0.644. The highest BCUT2D eigenvalue weighted by Crippen LogP contribution is 2.46. The van der Waals surface area contributed by atoms with E-state index in [4.69, 9.17) is 20.2 Å². The van der Waals surface area contributed by atoms with Gasteiger partial charge in [-0.05, 0) is 125 Å². The SMILES string of the molecule is CC(=O)O[C@H]1C[C@@H](O)CC[C@]2([C@H](C)O)C#C[C@@H]3C[C@@H]4CC[C@@H](NCCc5cccc(c5)CCNC(N)=NC2)[C@]2(C4)C[C@@H](CCN2)Oc2cc(c(CO)cc2O)C[C@H]31. The fourth-order valence-electron chi connectivity index (χ4n) is 10.4. The van der Waals surface area contributed by atoms with Crippen LogP contribution in [-0.4, -0.2) is 94.5 Å². The monoisotopic (exact) mass is 785 g/mol. The Morgan fingerprint density at radius 2 is 1.89 bits per heavy atom. The lowest BCUT2D eigenvalue weighted by atomic mass is 9.64. The molecule has 0 unspecified atom stereocenters. The summed E-state index contributed by atoms with van der Waals surface area (Å²) in [5, 5.41) is 56.3. The maximum atomic E-state index is 12.8. The molecule has 3 heterocycles. The van der Waals surface area contributed by atoms with Crippen LogP contribution in [0.15, 0.2) is 41.4 Å². The Hall–Kier alpha value is -3.86. The molecule has 1 saturated heterocycles. The number of phenolic OH excluding ortho intramolecular Hbond substituents is 1. The predicted octanol–water partition coefficient (Wildman–Crippen LogP) is 3.24. The van der Waals surface area contributed by atoms with E-state index in [9.17, 15) is 25.2 Å². The normalized spacial score (nSPS) is 34.1. The summed E-state index contributed by atoms with van der Waals surface area (Å²) in [5.74, 6) is 6.98. The maximum absolute atomic E-state index is 12.8. The van der Waals surface area contributed by atoms with Crippen molar-refractivity contribution in [2.75, 3.05) is 26.2 Å². The van der Waals surface area contributed by atoms with Crippen LogP contribution >= 0.6 is 0 Å². The summed E-state index contributed by atoms with van der Waals surface area (Å²) in [7, 11) is 0. The molecule has 2 aliphatic carbocycles. The maximum Gasteiger partial charge on any atom is 0.302 e. The summed E-state index contributed by atoms with van der Waals surface area (Å²) < 4.78 is 12.9. The molecule has 5 aliphatic rings. The van der Waals surface area contributed by atoms with E-state index in [-0.39, 0.29) is 60.8 Å². The highest BCUT2D eigenvalue weighted by atomic mass is 16.5. The van der Waals surface area contributed by atoms with Gasteiger partial charge in [0.15, 0.2) is 17.5 Å². The molecule has 10 atom stereocenters. The minimum Gasteiger partial charge on any atom is -0.504 e. The van der Waals surface area contributed by atoms with Gasteiger partial charge in [-0.2, -0.15) is 0 Å². The number of phenols is 1. The highest BCUT2D eigenvalue weighted by molar-refractivity contribution is 5.77. The molecule has 0 amide bonds. The van der Waals surface area contributed by atoms with Crippen LogP contribution < -0.4 is 26.4 Å². The number of nitrogens with zero attached hydrogens (tertiary/aromatic N) is 1. The van der Waals surface area contributed by atoms with E-state index in [0.29, 0.717) is 43.5 Å². The average molecular weight is 786 g/mol. The minimum atomic E-state index is -1.00. The van der Waals surface area contributed by atoms with Crippen molar-refractivity contribution >= 4 is 11.9 Å². The minimum absolute atomic E-state index is 0.0258. The number of carbonyl (C=O) groups is 1. The van der Waals surface area contributed by atoms with Crippen LogP contribution in [0.1, 0.15) is 93.9 Å². The molecular formula is C45H63N5O7. The number of nitrogens with two attached hydrogens (primary N) is 1. The van der Waals surface area contributed by atoms with Gasteiger partial charge in [-0.1, -0.05) is 36.1 Å². The lowest BCUT2D eigenvalue weighted by molar-refractivity contribution is -0.152. The number of aliphatic imine (C=N–C) groups is 1. The largest absolute Gasteiger partial charge is 0.504 e. The molecule has 2 aromatic carbocycles. The zero-order valence-electron chi connectivity index (χ0n) is 33.6. The van der Waals surface area contributed by atoms with Gasteiger partial charge in [-0.25, -0.2) is 0 Å². The summed E-state index contributed by atoms with van der Waals surface area (Å²) in [6.07, 6.45) is 5.37. The molecule has 1 spiro atoms. The number of esters is 1. The van der Waals surface area contributed by atoms with Crippen LogP contribution in [-0.2, 0) is 35.4 Å². The Kier molecular flexibility index (Phi) is 13.0. The van der Waals surface area contributed by atoms with E-state index in [1.165, 1.54) is 18.1 Å². The molecule has 2 aromatic rings. The first kappa shape index (κ1) is 41.3. The molecule has 2 fully saturated rings. The van der Waals surface area contributed by atoms with Crippen molar-refractivity contribution in [3.05, 3.63) is 58.7 Å². The average Bonchev–Trinajstić information content (AvgIpc) is 3.17. The zero-order chi connectivity index (χ0) is 40.2. The van der Waals surface area contributed by atoms with Crippen LogP contribution in [0.5, 0.6) is 11.5 Å². The third kappa shape index (κ3) is 9.72. The van der Waals surface area contributed by atoms with Crippen LogP contribution in [0.4, 0.5) is 0 Å². The molecule has 10 bridgehead atoms. The first-order valence-corrected chi connectivity index (χ1v) is 21.2. The number of piperidine rings is 1. The summed E-state index contributed by atoms with van der Waals surface area (Å²) in [5.41, 5.74) is 8.97. The van der Waals surface area contributed by atoms with Gasteiger partial charge >= 0.3 is 5.97 Å². The van der Waals surface area contributed by atoms with Gasteiger partial charge in [-0.15, -0.1) is 0 Å². The van der Waals surface area contributed by atoms with E-state index in [1.807, 2.05) is 6.07 Å². The van der Waals surface area contributed by atoms with Gasteiger partial charge in [0.2, 0.25) is 0 Å². The number of nitrogens with one attached hydrogen (secondary N) is 3. The molecule has 9 N–H and O–H groups in total. The summed E-state index contributed by atoms with van der Waals surface area (Å²) in [6.45, 7) is 5.16. The van der Waals surface area contributed by atoms with Crippen LogP contribution in [0.2, 0.25) is 0 Å². The molecule has 3 aliphatic heterocycles. The number of aliphatic hydroxyl groups is 3. The van der Waals surface area contributed by atoms with E-state index in [2.05, 4.69) is 52.1 Å². The van der Waals surface area contributed by atoms with E-state index < -0.39 is 35.6 Å². The smallest absolute Gasteiger partial charge is 0.302 e. The topological polar surface area (TPSA) is 191 Å². The number of aliphatic hydroxyl groups excluding tert-OH is 3.